The summed E-state index contributed by atoms with van der Waals surface area (Å²) < 4.78 is 0. The number of thiol groups is 1. The van der Waals surface area contributed by atoms with Gasteiger partial charge in [-0.25, -0.2) is 0 Å². The van der Waals surface area contributed by atoms with Crippen LogP contribution in [0.3, 0.4) is 0 Å². The van der Waals surface area contributed by atoms with Gasteiger partial charge < -0.3 is 0 Å². The second-order valence-electron chi connectivity index (χ2n) is 2.90. The Morgan fingerprint density at radius 3 is 2.83 bits per heavy atom. The number of aryl methyl sites for hydroxylation is 1. The molecule has 0 aliphatic rings. The van der Waals surface area contributed by atoms with E-state index in [1.54, 1.807) is 0 Å². The zero-order valence-electron chi connectivity index (χ0n) is 7.24. The Morgan fingerprint density at radius 1 is 1.25 bits per heavy atom. The minimum atomic E-state index is 1.01. The van der Waals surface area contributed by atoms with E-state index >= 15 is 0 Å². The fraction of sp³-hybridized carbons (Fsp3) is 0.500. The summed E-state index contributed by atoms with van der Waals surface area (Å²) in [6.45, 7) is 0. The van der Waals surface area contributed by atoms with Crippen molar-refractivity contribution in [2.75, 3.05) is 5.75 Å². The lowest BCUT2D eigenvalue weighted by atomic mass is 10.1. The number of aromatic nitrogens is 1. The number of hydrogen-bond donors (Lipinski definition) is 1. The summed E-state index contributed by atoms with van der Waals surface area (Å²) in [6.07, 6.45) is 8.67. The van der Waals surface area contributed by atoms with Crippen molar-refractivity contribution in [1.29, 1.82) is 0 Å². The molecule has 1 heterocycles. The van der Waals surface area contributed by atoms with Crippen molar-refractivity contribution in [2.45, 2.75) is 25.7 Å². The maximum Gasteiger partial charge on any atom is 0.0299 e. The zero-order chi connectivity index (χ0) is 8.65. The van der Waals surface area contributed by atoms with Gasteiger partial charge in [0.2, 0.25) is 0 Å². The normalized spacial score (nSPS) is 10.1. The Morgan fingerprint density at radius 2 is 2.17 bits per heavy atom. The van der Waals surface area contributed by atoms with Gasteiger partial charge in [-0.3, -0.25) is 4.98 Å². The van der Waals surface area contributed by atoms with Crippen LogP contribution in [-0.2, 0) is 6.42 Å². The summed E-state index contributed by atoms with van der Waals surface area (Å²) in [7, 11) is 0. The Hall–Kier alpha value is -0.500. The Kier molecular flexibility index (Phi) is 4.85. The molecule has 0 saturated heterocycles. The molecule has 0 spiro atoms. The molecule has 0 aliphatic carbocycles. The van der Waals surface area contributed by atoms with Crippen LogP contribution in [0.4, 0.5) is 0 Å². The summed E-state index contributed by atoms with van der Waals surface area (Å²) in [5.41, 5.74) is 1.34. The van der Waals surface area contributed by atoms with Crippen molar-refractivity contribution in [2.24, 2.45) is 0 Å². The van der Waals surface area contributed by atoms with Crippen LogP contribution in [0.5, 0.6) is 0 Å². The maximum absolute atomic E-state index is 4.17. The van der Waals surface area contributed by atoms with Crippen molar-refractivity contribution in [1.82, 2.24) is 4.98 Å². The monoisotopic (exact) mass is 181 g/mol. The van der Waals surface area contributed by atoms with E-state index in [9.17, 15) is 0 Å². The lowest BCUT2D eigenvalue weighted by Gasteiger charge is -1.98. The molecule has 2 heteroatoms. The summed E-state index contributed by atoms with van der Waals surface area (Å²) >= 11 is 4.17. The van der Waals surface area contributed by atoms with Crippen molar-refractivity contribution < 1.29 is 0 Å². The largest absolute Gasteiger partial charge is 0.264 e. The summed E-state index contributed by atoms with van der Waals surface area (Å²) in [4.78, 5) is 4.07. The van der Waals surface area contributed by atoms with Crippen molar-refractivity contribution in [3.8, 4) is 0 Å². The molecular formula is C10H15NS. The van der Waals surface area contributed by atoms with Gasteiger partial charge >= 0.3 is 0 Å². The SMILES string of the molecule is SCCCCCc1cccnc1. The standard InChI is InChI=1S/C10H15NS/c12-8-3-1-2-5-10-6-4-7-11-9-10/h4,6-7,9,12H,1-3,5,8H2. The molecule has 0 fully saturated rings. The first-order valence-corrected chi connectivity index (χ1v) is 5.06. The van der Waals surface area contributed by atoms with Crippen LogP contribution < -0.4 is 0 Å². The third kappa shape index (κ3) is 3.77. The molecule has 1 nitrogen and oxygen atoms in total. The summed E-state index contributed by atoms with van der Waals surface area (Å²) in [6, 6.07) is 4.13. The molecule has 0 unspecified atom stereocenters. The summed E-state index contributed by atoms with van der Waals surface area (Å²) in [5, 5.41) is 0. The second-order valence-corrected chi connectivity index (χ2v) is 3.34. The average Bonchev–Trinajstić information content (AvgIpc) is 2.14. The lowest BCUT2D eigenvalue weighted by molar-refractivity contribution is 0.722. The van der Waals surface area contributed by atoms with E-state index in [-0.39, 0.29) is 0 Å². The van der Waals surface area contributed by atoms with E-state index in [1.165, 1.54) is 24.8 Å². The third-order valence-electron chi connectivity index (χ3n) is 1.85. The summed E-state index contributed by atoms with van der Waals surface area (Å²) in [5.74, 6) is 1.01. The van der Waals surface area contributed by atoms with Crippen LogP contribution in [0, 0.1) is 0 Å². The van der Waals surface area contributed by atoms with Crippen LogP contribution in [0.1, 0.15) is 24.8 Å². The number of rotatable bonds is 5. The third-order valence-corrected chi connectivity index (χ3v) is 2.16. The molecule has 0 saturated carbocycles. The van der Waals surface area contributed by atoms with Gasteiger partial charge in [-0.1, -0.05) is 12.5 Å². The molecular weight excluding hydrogens is 166 g/mol. The topological polar surface area (TPSA) is 12.9 Å². The van der Waals surface area contributed by atoms with Crippen molar-refractivity contribution in [3.05, 3.63) is 30.1 Å². The molecule has 0 N–H and O–H groups in total. The highest BCUT2D eigenvalue weighted by Crippen LogP contribution is 2.04. The maximum atomic E-state index is 4.17. The Bertz CT molecular complexity index is 198. The molecule has 0 amide bonds. The fourth-order valence-electron chi connectivity index (χ4n) is 1.16. The Labute approximate surface area is 79.6 Å². The lowest BCUT2D eigenvalue weighted by Crippen LogP contribution is -1.86. The molecule has 0 radical (unpaired) electrons. The van der Waals surface area contributed by atoms with Gasteiger partial charge in [0.1, 0.15) is 0 Å². The minimum absolute atomic E-state index is 1.01. The highest BCUT2D eigenvalue weighted by atomic mass is 32.1. The number of unbranched alkanes of at least 4 members (excludes halogenated alkanes) is 2. The fourth-order valence-corrected chi connectivity index (χ4v) is 1.39. The van der Waals surface area contributed by atoms with E-state index in [4.69, 9.17) is 0 Å². The van der Waals surface area contributed by atoms with Gasteiger partial charge in [0.15, 0.2) is 0 Å². The highest BCUT2D eigenvalue weighted by molar-refractivity contribution is 7.80. The Balaban J connectivity index is 2.16. The minimum Gasteiger partial charge on any atom is -0.264 e. The van der Waals surface area contributed by atoms with Gasteiger partial charge in [0, 0.05) is 12.4 Å². The zero-order valence-corrected chi connectivity index (χ0v) is 8.13. The van der Waals surface area contributed by atoms with Gasteiger partial charge in [-0.2, -0.15) is 12.6 Å². The molecule has 0 bridgehead atoms. The molecule has 12 heavy (non-hydrogen) atoms. The quantitative estimate of drug-likeness (QED) is 0.544. The number of pyridine rings is 1. The van der Waals surface area contributed by atoms with E-state index in [0.29, 0.717) is 0 Å². The van der Waals surface area contributed by atoms with E-state index in [1.807, 2.05) is 18.5 Å². The predicted molar refractivity (Wildman–Crippen MR) is 55.6 cm³/mol. The van der Waals surface area contributed by atoms with E-state index < -0.39 is 0 Å². The van der Waals surface area contributed by atoms with Crippen LogP contribution in [-0.4, -0.2) is 10.7 Å². The van der Waals surface area contributed by atoms with Gasteiger partial charge in [-0.15, -0.1) is 0 Å². The van der Waals surface area contributed by atoms with Gasteiger partial charge in [-0.05, 0) is 36.6 Å². The molecule has 0 aromatic carbocycles. The van der Waals surface area contributed by atoms with Crippen LogP contribution in [0.15, 0.2) is 24.5 Å². The highest BCUT2D eigenvalue weighted by Gasteiger charge is 1.91. The molecule has 66 valence electrons. The van der Waals surface area contributed by atoms with E-state index in [2.05, 4.69) is 23.7 Å². The number of hydrogen-bond acceptors (Lipinski definition) is 2. The van der Waals surface area contributed by atoms with Crippen molar-refractivity contribution in [3.63, 3.8) is 0 Å². The smallest absolute Gasteiger partial charge is 0.0299 e. The first kappa shape index (κ1) is 9.59. The molecule has 0 atom stereocenters. The van der Waals surface area contributed by atoms with Gasteiger partial charge in [0.05, 0.1) is 0 Å². The molecule has 0 aliphatic heterocycles. The first-order valence-electron chi connectivity index (χ1n) is 4.43. The number of nitrogens with zero attached hydrogens (tertiary/aromatic N) is 1. The van der Waals surface area contributed by atoms with Crippen molar-refractivity contribution >= 4 is 12.6 Å². The first-order chi connectivity index (χ1) is 5.93. The second kappa shape index (κ2) is 6.06. The average molecular weight is 181 g/mol. The van der Waals surface area contributed by atoms with E-state index in [0.717, 1.165) is 12.2 Å². The van der Waals surface area contributed by atoms with Crippen LogP contribution >= 0.6 is 12.6 Å². The van der Waals surface area contributed by atoms with Crippen LogP contribution in [0.25, 0.3) is 0 Å². The van der Waals surface area contributed by atoms with Gasteiger partial charge in [0.25, 0.3) is 0 Å². The van der Waals surface area contributed by atoms with Crippen LogP contribution in [0.2, 0.25) is 0 Å². The molecule has 1 aromatic heterocycles. The molecule has 1 aromatic rings. The molecule has 1 rings (SSSR count). The predicted octanol–water partition coefficient (Wildman–Crippen LogP) is 2.72.